The molecule has 1 aliphatic heterocycles. The molecule has 1 aliphatic carbocycles. The molecule has 116 valence electrons. The van der Waals surface area contributed by atoms with E-state index in [-0.39, 0.29) is 0 Å². The van der Waals surface area contributed by atoms with Gasteiger partial charge in [-0.1, -0.05) is 0 Å². The second kappa shape index (κ2) is 6.15. The molecule has 0 spiro atoms. The number of hydrazine groups is 1. The van der Waals surface area contributed by atoms with Gasteiger partial charge in [0.2, 0.25) is 0 Å². The number of nitrogen functional groups attached to an aromatic ring is 1. The van der Waals surface area contributed by atoms with Crippen LogP contribution in [0.2, 0.25) is 0 Å². The summed E-state index contributed by atoms with van der Waals surface area (Å²) in [5.74, 6) is 9.47. The van der Waals surface area contributed by atoms with Crippen molar-refractivity contribution in [2.75, 3.05) is 37.4 Å². The van der Waals surface area contributed by atoms with Gasteiger partial charge in [0.25, 0.3) is 0 Å². The summed E-state index contributed by atoms with van der Waals surface area (Å²) in [5.41, 5.74) is 3.71. The Morgan fingerprint density at radius 1 is 1.14 bits per heavy atom. The lowest BCUT2D eigenvalue weighted by Crippen LogP contribution is -2.33. The zero-order valence-electron chi connectivity index (χ0n) is 13.0. The van der Waals surface area contributed by atoms with Crippen LogP contribution in [-0.2, 0) is 0 Å². The molecule has 6 nitrogen and oxygen atoms in total. The molecular formula is C15H26N6. The predicted molar refractivity (Wildman–Crippen MR) is 85.3 cm³/mol. The van der Waals surface area contributed by atoms with E-state index in [4.69, 9.17) is 10.8 Å². The number of nitrogens with two attached hydrogens (primary N) is 1. The van der Waals surface area contributed by atoms with Crippen molar-refractivity contribution in [3.63, 3.8) is 0 Å². The molecular weight excluding hydrogens is 264 g/mol. The largest absolute Gasteiger partial charge is 0.369 e. The van der Waals surface area contributed by atoms with Crippen LogP contribution in [0.5, 0.6) is 0 Å². The Morgan fingerprint density at radius 3 is 2.43 bits per heavy atom. The topological polar surface area (TPSA) is 79.1 Å². The minimum atomic E-state index is 0.529. The van der Waals surface area contributed by atoms with Gasteiger partial charge in [-0.25, -0.2) is 15.8 Å². The highest BCUT2D eigenvalue weighted by atomic mass is 15.3. The Labute approximate surface area is 126 Å². The van der Waals surface area contributed by atoms with E-state index in [0.29, 0.717) is 5.92 Å². The number of hydrogen-bond acceptors (Lipinski definition) is 6. The number of nitrogens with one attached hydrogen (secondary N) is 2. The van der Waals surface area contributed by atoms with E-state index in [1.54, 1.807) is 0 Å². The van der Waals surface area contributed by atoms with E-state index in [1.807, 2.05) is 6.92 Å². The molecule has 0 bridgehead atoms. The smallest absolute Gasteiger partial charge is 0.148 e. The van der Waals surface area contributed by atoms with Crippen LogP contribution >= 0.6 is 0 Å². The van der Waals surface area contributed by atoms with Crippen molar-refractivity contribution in [3.8, 4) is 0 Å². The van der Waals surface area contributed by atoms with Crippen LogP contribution in [0.25, 0.3) is 0 Å². The maximum Gasteiger partial charge on any atom is 0.148 e. The van der Waals surface area contributed by atoms with E-state index in [9.17, 15) is 0 Å². The van der Waals surface area contributed by atoms with Crippen molar-refractivity contribution >= 4 is 11.6 Å². The SMILES string of the molecule is Cc1c(NN)nc(C2CC2)nc1NCC1CCN(C)CC1. The molecule has 1 aromatic heterocycles. The molecule has 21 heavy (non-hydrogen) atoms. The van der Waals surface area contributed by atoms with Crippen molar-refractivity contribution in [3.05, 3.63) is 11.4 Å². The quantitative estimate of drug-likeness (QED) is 0.566. The average Bonchev–Trinajstić information content (AvgIpc) is 3.32. The fraction of sp³-hybridized carbons (Fsp3) is 0.733. The summed E-state index contributed by atoms with van der Waals surface area (Å²) in [6.07, 6.45) is 4.90. The van der Waals surface area contributed by atoms with Gasteiger partial charge in [-0.15, -0.1) is 0 Å². The summed E-state index contributed by atoms with van der Waals surface area (Å²) in [4.78, 5) is 11.6. The van der Waals surface area contributed by atoms with Gasteiger partial charge < -0.3 is 15.6 Å². The summed E-state index contributed by atoms with van der Waals surface area (Å²) in [7, 11) is 2.19. The van der Waals surface area contributed by atoms with E-state index in [0.717, 1.165) is 35.5 Å². The summed E-state index contributed by atoms with van der Waals surface area (Å²) in [6.45, 7) is 5.39. The van der Waals surface area contributed by atoms with E-state index < -0.39 is 0 Å². The molecule has 0 amide bonds. The van der Waals surface area contributed by atoms with Crippen molar-refractivity contribution in [1.29, 1.82) is 0 Å². The highest BCUT2D eigenvalue weighted by Gasteiger charge is 2.28. The monoisotopic (exact) mass is 290 g/mol. The second-order valence-corrected chi connectivity index (χ2v) is 6.45. The van der Waals surface area contributed by atoms with Crippen LogP contribution in [0.3, 0.4) is 0 Å². The van der Waals surface area contributed by atoms with Gasteiger partial charge >= 0.3 is 0 Å². The average molecular weight is 290 g/mol. The molecule has 4 N–H and O–H groups in total. The Balaban J connectivity index is 1.67. The van der Waals surface area contributed by atoms with Crippen LogP contribution in [0.4, 0.5) is 11.6 Å². The first kappa shape index (κ1) is 14.5. The van der Waals surface area contributed by atoms with Gasteiger partial charge in [0, 0.05) is 18.0 Å². The molecule has 0 radical (unpaired) electrons. The van der Waals surface area contributed by atoms with Gasteiger partial charge in [-0.05, 0) is 58.7 Å². The molecule has 0 aromatic carbocycles. The molecule has 3 rings (SSSR count). The van der Waals surface area contributed by atoms with Gasteiger partial charge in [0.05, 0.1) is 0 Å². The summed E-state index contributed by atoms with van der Waals surface area (Å²) in [6, 6.07) is 0. The Hall–Kier alpha value is -1.40. The van der Waals surface area contributed by atoms with Gasteiger partial charge in [0.1, 0.15) is 17.5 Å². The molecule has 0 unspecified atom stereocenters. The highest BCUT2D eigenvalue weighted by molar-refractivity contribution is 5.57. The first-order valence-electron chi connectivity index (χ1n) is 7.95. The summed E-state index contributed by atoms with van der Waals surface area (Å²) < 4.78 is 0. The van der Waals surface area contributed by atoms with Gasteiger partial charge in [-0.2, -0.15) is 0 Å². The lowest BCUT2D eigenvalue weighted by molar-refractivity contribution is 0.226. The van der Waals surface area contributed by atoms with Crippen LogP contribution in [0.15, 0.2) is 0 Å². The number of rotatable bonds is 5. The van der Waals surface area contributed by atoms with Crippen molar-refractivity contribution in [2.24, 2.45) is 11.8 Å². The zero-order chi connectivity index (χ0) is 14.8. The van der Waals surface area contributed by atoms with Crippen molar-refractivity contribution in [1.82, 2.24) is 14.9 Å². The molecule has 0 atom stereocenters. The first-order chi connectivity index (χ1) is 10.2. The molecule has 1 saturated carbocycles. The minimum Gasteiger partial charge on any atom is -0.369 e. The predicted octanol–water partition coefficient (Wildman–Crippen LogP) is 1.70. The molecule has 1 aromatic rings. The van der Waals surface area contributed by atoms with Crippen LogP contribution in [-0.4, -0.2) is 41.5 Å². The van der Waals surface area contributed by atoms with E-state index >= 15 is 0 Å². The lowest BCUT2D eigenvalue weighted by Gasteiger charge is -2.29. The zero-order valence-corrected chi connectivity index (χ0v) is 13.0. The maximum atomic E-state index is 5.59. The Morgan fingerprint density at radius 2 is 1.81 bits per heavy atom. The number of anilines is 2. The molecule has 2 aliphatic rings. The summed E-state index contributed by atoms with van der Waals surface area (Å²) in [5, 5.41) is 3.53. The maximum absolute atomic E-state index is 5.59. The summed E-state index contributed by atoms with van der Waals surface area (Å²) >= 11 is 0. The van der Waals surface area contributed by atoms with Crippen LogP contribution < -0.4 is 16.6 Å². The third kappa shape index (κ3) is 3.44. The minimum absolute atomic E-state index is 0.529. The van der Waals surface area contributed by atoms with Crippen molar-refractivity contribution < 1.29 is 0 Å². The Kier molecular flexibility index (Phi) is 4.26. The molecule has 6 heteroatoms. The van der Waals surface area contributed by atoms with E-state index in [2.05, 4.69) is 27.7 Å². The standard InChI is InChI=1S/C15H26N6/c1-10-13(17-9-11-5-7-21(2)8-6-11)18-15(12-3-4-12)19-14(10)20-16/h11-12H,3-9,16H2,1-2H3,(H2,17,18,19,20). The normalized spacial score (nSPS) is 20.5. The Bertz CT molecular complexity index is 491. The highest BCUT2D eigenvalue weighted by Crippen LogP contribution is 2.39. The van der Waals surface area contributed by atoms with Gasteiger partial charge in [-0.3, -0.25) is 0 Å². The number of nitrogens with zero attached hydrogens (tertiary/aromatic N) is 3. The van der Waals surface area contributed by atoms with Gasteiger partial charge in [0.15, 0.2) is 0 Å². The molecule has 1 saturated heterocycles. The number of hydrogen-bond donors (Lipinski definition) is 3. The van der Waals surface area contributed by atoms with Crippen LogP contribution in [0, 0.1) is 12.8 Å². The fourth-order valence-corrected chi connectivity index (χ4v) is 2.88. The lowest BCUT2D eigenvalue weighted by atomic mass is 9.97. The number of likely N-dealkylation sites (tertiary alicyclic amines) is 1. The number of piperidine rings is 1. The number of aromatic nitrogens is 2. The molecule has 2 heterocycles. The van der Waals surface area contributed by atoms with Crippen LogP contribution in [0.1, 0.15) is 43.0 Å². The second-order valence-electron chi connectivity index (χ2n) is 6.45. The third-order valence-electron chi connectivity index (χ3n) is 4.64. The fourth-order valence-electron chi connectivity index (χ4n) is 2.88. The van der Waals surface area contributed by atoms with Crippen molar-refractivity contribution in [2.45, 2.75) is 38.5 Å². The first-order valence-corrected chi connectivity index (χ1v) is 7.95. The molecule has 2 fully saturated rings. The third-order valence-corrected chi connectivity index (χ3v) is 4.64. The van der Waals surface area contributed by atoms with E-state index in [1.165, 1.54) is 38.8 Å².